The minimum atomic E-state index is -0.749. The van der Waals surface area contributed by atoms with Crippen LogP contribution in [0.4, 0.5) is 4.79 Å². The number of carbonyl (C=O) groups excluding carboxylic acids is 1. The second kappa shape index (κ2) is 6.88. The summed E-state index contributed by atoms with van der Waals surface area (Å²) in [6, 6.07) is 7.54. The van der Waals surface area contributed by atoms with Gasteiger partial charge in [0.2, 0.25) is 0 Å². The molecule has 0 spiro atoms. The molecule has 0 unspecified atom stereocenters. The lowest BCUT2D eigenvalue weighted by Crippen LogP contribution is -2.17. The smallest absolute Gasteiger partial charge is 0.409 e. The van der Waals surface area contributed by atoms with Crippen LogP contribution in [0.15, 0.2) is 24.3 Å². The zero-order valence-corrected chi connectivity index (χ0v) is 9.74. The van der Waals surface area contributed by atoms with Gasteiger partial charge in [-0.3, -0.25) is 0 Å². The largest absolute Gasteiger partial charge is 0.410 e. The lowest BCUT2D eigenvalue weighted by Gasteiger charge is -2.07. The highest BCUT2D eigenvalue weighted by Gasteiger charge is 2.05. The summed E-state index contributed by atoms with van der Waals surface area (Å²) in [7, 11) is 0. The lowest BCUT2D eigenvalue weighted by atomic mass is 10.1. The zero-order valence-electron chi connectivity index (χ0n) is 9.74. The molecule has 3 nitrogen and oxygen atoms in total. The van der Waals surface area contributed by atoms with E-state index < -0.39 is 6.09 Å². The second-order valence-electron chi connectivity index (χ2n) is 3.84. The highest BCUT2D eigenvalue weighted by atomic mass is 16.5. The fraction of sp³-hybridized carbons (Fsp3) is 0.462. The molecule has 1 aromatic rings. The average molecular weight is 221 g/mol. The van der Waals surface area contributed by atoms with Crippen molar-refractivity contribution < 1.29 is 9.53 Å². The number of nitrogens with two attached hydrogens (primary N) is 1. The zero-order chi connectivity index (χ0) is 11.8. The van der Waals surface area contributed by atoms with Gasteiger partial charge in [-0.2, -0.15) is 0 Å². The monoisotopic (exact) mass is 221 g/mol. The molecule has 0 saturated carbocycles. The number of rotatable bonds is 6. The Morgan fingerprint density at radius 2 is 2.00 bits per heavy atom. The van der Waals surface area contributed by atoms with Crippen molar-refractivity contribution in [1.29, 1.82) is 0 Å². The number of benzene rings is 1. The van der Waals surface area contributed by atoms with E-state index in [1.165, 1.54) is 19.3 Å². The molecule has 0 bridgehead atoms. The van der Waals surface area contributed by atoms with Crippen LogP contribution in [0, 0.1) is 0 Å². The number of carbonyl (C=O) groups is 1. The standard InChI is InChI=1S/C13H19NO2/c1-2-3-4-5-8-11-9-6-7-10-12(11)16-13(14)15/h6-7,9-10H,2-5,8H2,1H3,(H2,14,15). The lowest BCUT2D eigenvalue weighted by molar-refractivity contribution is 0.210. The Labute approximate surface area is 96.6 Å². The summed E-state index contributed by atoms with van der Waals surface area (Å²) < 4.78 is 4.94. The van der Waals surface area contributed by atoms with E-state index in [4.69, 9.17) is 10.5 Å². The first kappa shape index (κ1) is 12.6. The third kappa shape index (κ3) is 4.34. The summed E-state index contributed by atoms with van der Waals surface area (Å²) in [5, 5.41) is 0. The normalized spacial score (nSPS) is 10.1. The van der Waals surface area contributed by atoms with Crippen molar-refractivity contribution in [2.75, 3.05) is 0 Å². The first-order valence-electron chi connectivity index (χ1n) is 5.79. The summed E-state index contributed by atoms with van der Waals surface area (Å²) in [6.45, 7) is 2.18. The molecule has 88 valence electrons. The molecule has 0 fully saturated rings. The van der Waals surface area contributed by atoms with Crippen LogP contribution in [0.1, 0.15) is 38.2 Å². The van der Waals surface area contributed by atoms with Crippen LogP contribution < -0.4 is 10.5 Å². The van der Waals surface area contributed by atoms with E-state index in [0.29, 0.717) is 5.75 Å². The molecule has 0 atom stereocenters. The van der Waals surface area contributed by atoms with Gasteiger partial charge in [0.1, 0.15) is 5.75 Å². The molecule has 1 amide bonds. The highest BCUT2D eigenvalue weighted by molar-refractivity contribution is 5.68. The van der Waals surface area contributed by atoms with Crippen LogP contribution in [0.25, 0.3) is 0 Å². The average Bonchev–Trinajstić information content (AvgIpc) is 2.26. The Balaban J connectivity index is 2.53. The van der Waals surface area contributed by atoms with Gasteiger partial charge < -0.3 is 10.5 Å². The van der Waals surface area contributed by atoms with Gasteiger partial charge in [0.05, 0.1) is 0 Å². The van der Waals surface area contributed by atoms with E-state index >= 15 is 0 Å². The second-order valence-corrected chi connectivity index (χ2v) is 3.84. The molecule has 0 radical (unpaired) electrons. The van der Waals surface area contributed by atoms with Crippen LogP contribution in [-0.2, 0) is 6.42 Å². The van der Waals surface area contributed by atoms with Gasteiger partial charge in [-0.25, -0.2) is 4.79 Å². The van der Waals surface area contributed by atoms with Gasteiger partial charge in [-0.05, 0) is 24.5 Å². The molecular weight excluding hydrogens is 202 g/mol. The minimum Gasteiger partial charge on any atom is -0.410 e. The van der Waals surface area contributed by atoms with E-state index in [0.717, 1.165) is 18.4 Å². The quantitative estimate of drug-likeness (QED) is 0.749. The SMILES string of the molecule is CCCCCCc1ccccc1OC(N)=O. The van der Waals surface area contributed by atoms with Crippen LogP contribution >= 0.6 is 0 Å². The van der Waals surface area contributed by atoms with Gasteiger partial charge in [0.15, 0.2) is 0 Å². The van der Waals surface area contributed by atoms with E-state index in [1.807, 2.05) is 18.2 Å². The molecule has 0 aromatic heterocycles. The summed E-state index contributed by atoms with van der Waals surface area (Å²) in [6.07, 6.45) is 4.98. The fourth-order valence-electron chi connectivity index (χ4n) is 1.66. The topological polar surface area (TPSA) is 52.3 Å². The van der Waals surface area contributed by atoms with Crippen molar-refractivity contribution in [3.8, 4) is 5.75 Å². The number of unbranched alkanes of at least 4 members (excludes halogenated alkanes) is 3. The van der Waals surface area contributed by atoms with Gasteiger partial charge in [0.25, 0.3) is 0 Å². The van der Waals surface area contributed by atoms with Crippen LogP contribution in [0.5, 0.6) is 5.75 Å². The van der Waals surface area contributed by atoms with Crippen LogP contribution in [-0.4, -0.2) is 6.09 Å². The van der Waals surface area contributed by atoms with Gasteiger partial charge in [-0.1, -0.05) is 44.4 Å². The van der Waals surface area contributed by atoms with Crippen molar-refractivity contribution in [2.45, 2.75) is 39.0 Å². The number of para-hydroxylation sites is 1. The third-order valence-corrected chi connectivity index (χ3v) is 2.48. The molecule has 1 rings (SSSR count). The highest BCUT2D eigenvalue weighted by Crippen LogP contribution is 2.20. The van der Waals surface area contributed by atoms with Gasteiger partial charge >= 0.3 is 6.09 Å². The van der Waals surface area contributed by atoms with E-state index in [2.05, 4.69) is 6.92 Å². The summed E-state index contributed by atoms with van der Waals surface area (Å²) in [5.41, 5.74) is 6.06. The molecule has 3 heteroatoms. The predicted molar refractivity (Wildman–Crippen MR) is 64.5 cm³/mol. The van der Waals surface area contributed by atoms with Gasteiger partial charge in [0, 0.05) is 0 Å². The van der Waals surface area contributed by atoms with Crippen molar-refractivity contribution in [3.05, 3.63) is 29.8 Å². The van der Waals surface area contributed by atoms with Crippen LogP contribution in [0.2, 0.25) is 0 Å². The number of hydrogen-bond donors (Lipinski definition) is 1. The number of aryl methyl sites for hydroxylation is 1. The minimum absolute atomic E-state index is 0.589. The molecule has 1 aromatic carbocycles. The summed E-state index contributed by atoms with van der Waals surface area (Å²) in [4.78, 5) is 10.7. The maximum atomic E-state index is 10.7. The Hall–Kier alpha value is -1.51. The fourth-order valence-corrected chi connectivity index (χ4v) is 1.66. The molecule has 0 heterocycles. The molecule has 2 N–H and O–H groups in total. The number of amides is 1. The third-order valence-electron chi connectivity index (χ3n) is 2.48. The molecule has 16 heavy (non-hydrogen) atoms. The summed E-state index contributed by atoms with van der Waals surface area (Å²) in [5.74, 6) is 0.589. The Morgan fingerprint density at radius 1 is 1.25 bits per heavy atom. The molecule has 0 aliphatic rings. The van der Waals surface area contributed by atoms with Crippen molar-refractivity contribution in [1.82, 2.24) is 0 Å². The van der Waals surface area contributed by atoms with E-state index in [-0.39, 0.29) is 0 Å². The molecular formula is C13H19NO2. The number of ether oxygens (including phenoxy) is 1. The maximum absolute atomic E-state index is 10.7. The van der Waals surface area contributed by atoms with E-state index in [9.17, 15) is 4.79 Å². The van der Waals surface area contributed by atoms with Crippen LogP contribution in [0.3, 0.4) is 0 Å². The Morgan fingerprint density at radius 3 is 2.69 bits per heavy atom. The van der Waals surface area contributed by atoms with Gasteiger partial charge in [-0.15, -0.1) is 0 Å². The maximum Gasteiger partial charge on any atom is 0.409 e. The first-order valence-corrected chi connectivity index (χ1v) is 5.79. The molecule has 0 aliphatic heterocycles. The first-order chi connectivity index (χ1) is 7.74. The molecule has 0 aliphatic carbocycles. The van der Waals surface area contributed by atoms with E-state index in [1.54, 1.807) is 6.07 Å². The Bertz CT molecular complexity index is 336. The van der Waals surface area contributed by atoms with Crippen molar-refractivity contribution >= 4 is 6.09 Å². The number of primary amides is 1. The Kier molecular flexibility index (Phi) is 5.40. The predicted octanol–water partition coefficient (Wildman–Crippen LogP) is 3.27. The summed E-state index contributed by atoms with van der Waals surface area (Å²) >= 11 is 0. The van der Waals surface area contributed by atoms with Crippen molar-refractivity contribution in [2.24, 2.45) is 5.73 Å². The van der Waals surface area contributed by atoms with Crippen molar-refractivity contribution in [3.63, 3.8) is 0 Å². The number of hydrogen-bond acceptors (Lipinski definition) is 2. The molecule has 0 saturated heterocycles.